The van der Waals surface area contributed by atoms with E-state index in [4.69, 9.17) is 0 Å². The van der Waals surface area contributed by atoms with Crippen LogP contribution in [-0.2, 0) is 13.1 Å². The number of fused-ring (bicyclic) bond motifs is 1. The molecule has 2 aromatic carbocycles. The first-order chi connectivity index (χ1) is 9.75. The van der Waals surface area contributed by atoms with Gasteiger partial charge in [-0.05, 0) is 45.6 Å². The molecule has 0 spiro atoms. The molecular formula is C17H17NOS. The zero-order chi connectivity index (χ0) is 13.9. The highest BCUT2D eigenvalue weighted by molar-refractivity contribution is 7.08. The fraction of sp³-hybridized carbons (Fsp3) is 0.176. The fourth-order valence-electron chi connectivity index (χ4n) is 2.40. The quantitative estimate of drug-likeness (QED) is 0.752. The third kappa shape index (κ3) is 2.55. The van der Waals surface area contributed by atoms with E-state index in [1.165, 1.54) is 11.1 Å². The summed E-state index contributed by atoms with van der Waals surface area (Å²) in [6, 6.07) is 11.9. The van der Waals surface area contributed by atoms with Gasteiger partial charge in [-0.25, -0.2) is 0 Å². The summed E-state index contributed by atoms with van der Waals surface area (Å²) < 4.78 is 0. The van der Waals surface area contributed by atoms with Crippen LogP contribution in [0, 0.1) is 6.92 Å². The van der Waals surface area contributed by atoms with Crippen molar-refractivity contribution >= 4 is 22.1 Å². The largest absolute Gasteiger partial charge is 0.508 e. The molecule has 0 amide bonds. The van der Waals surface area contributed by atoms with Gasteiger partial charge >= 0.3 is 0 Å². The van der Waals surface area contributed by atoms with Crippen LogP contribution in [0.4, 0.5) is 0 Å². The van der Waals surface area contributed by atoms with Gasteiger partial charge in [-0.15, -0.1) is 0 Å². The number of thiophene rings is 1. The van der Waals surface area contributed by atoms with Crippen LogP contribution in [-0.4, -0.2) is 5.11 Å². The first-order valence-electron chi connectivity index (χ1n) is 6.67. The van der Waals surface area contributed by atoms with Gasteiger partial charge in [-0.1, -0.05) is 30.3 Å². The number of phenols is 1. The van der Waals surface area contributed by atoms with Crippen LogP contribution in [0.3, 0.4) is 0 Å². The van der Waals surface area contributed by atoms with Crippen LogP contribution in [0.1, 0.15) is 16.7 Å². The molecule has 0 bridgehead atoms. The smallest absolute Gasteiger partial charge is 0.120 e. The maximum atomic E-state index is 10.1. The monoisotopic (exact) mass is 283 g/mol. The van der Waals surface area contributed by atoms with Gasteiger partial charge in [0.25, 0.3) is 0 Å². The van der Waals surface area contributed by atoms with E-state index in [1.54, 1.807) is 17.4 Å². The van der Waals surface area contributed by atoms with Gasteiger partial charge in [0.2, 0.25) is 0 Å². The molecule has 0 fully saturated rings. The second-order valence-electron chi connectivity index (χ2n) is 4.97. The Morgan fingerprint density at radius 2 is 1.90 bits per heavy atom. The summed E-state index contributed by atoms with van der Waals surface area (Å²) in [6.07, 6.45) is 0. The summed E-state index contributed by atoms with van der Waals surface area (Å²) in [5.41, 5.74) is 3.62. The molecule has 0 unspecified atom stereocenters. The van der Waals surface area contributed by atoms with E-state index >= 15 is 0 Å². The van der Waals surface area contributed by atoms with E-state index in [1.807, 2.05) is 18.2 Å². The van der Waals surface area contributed by atoms with Crippen molar-refractivity contribution in [2.75, 3.05) is 0 Å². The highest BCUT2D eigenvalue weighted by Gasteiger charge is 2.06. The molecule has 20 heavy (non-hydrogen) atoms. The first kappa shape index (κ1) is 13.2. The van der Waals surface area contributed by atoms with Crippen molar-refractivity contribution in [3.63, 3.8) is 0 Å². The van der Waals surface area contributed by atoms with Crippen molar-refractivity contribution in [2.24, 2.45) is 0 Å². The molecule has 1 heterocycles. The number of rotatable bonds is 4. The van der Waals surface area contributed by atoms with Crippen LogP contribution in [0.25, 0.3) is 10.8 Å². The highest BCUT2D eigenvalue weighted by atomic mass is 32.1. The Morgan fingerprint density at radius 1 is 1.05 bits per heavy atom. The van der Waals surface area contributed by atoms with E-state index in [0.29, 0.717) is 12.3 Å². The Morgan fingerprint density at radius 3 is 2.70 bits per heavy atom. The van der Waals surface area contributed by atoms with Crippen molar-refractivity contribution in [2.45, 2.75) is 20.0 Å². The third-order valence-electron chi connectivity index (χ3n) is 3.59. The van der Waals surface area contributed by atoms with Gasteiger partial charge in [0, 0.05) is 18.7 Å². The topological polar surface area (TPSA) is 32.3 Å². The molecule has 0 aliphatic heterocycles. The number of nitrogens with one attached hydrogen (secondary N) is 1. The molecule has 3 aromatic rings. The molecule has 0 aliphatic carbocycles. The highest BCUT2D eigenvalue weighted by Crippen LogP contribution is 2.27. The average Bonchev–Trinajstić information content (AvgIpc) is 2.87. The molecule has 102 valence electrons. The molecule has 0 aliphatic rings. The van der Waals surface area contributed by atoms with Gasteiger partial charge < -0.3 is 10.4 Å². The van der Waals surface area contributed by atoms with Crippen LogP contribution in [0.15, 0.2) is 47.2 Å². The Hall–Kier alpha value is -1.84. The molecule has 2 N–H and O–H groups in total. The first-order valence-corrected chi connectivity index (χ1v) is 7.62. The van der Waals surface area contributed by atoms with Crippen LogP contribution < -0.4 is 5.32 Å². The summed E-state index contributed by atoms with van der Waals surface area (Å²) in [4.78, 5) is 0. The molecule has 2 nitrogen and oxygen atoms in total. The molecule has 0 atom stereocenters. The predicted octanol–water partition coefficient (Wildman–Crippen LogP) is 4.21. The van der Waals surface area contributed by atoms with Gasteiger partial charge in [-0.2, -0.15) is 11.3 Å². The van der Waals surface area contributed by atoms with Crippen molar-refractivity contribution in [3.05, 3.63) is 63.8 Å². The van der Waals surface area contributed by atoms with Crippen molar-refractivity contribution in [1.82, 2.24) is 5.32 Å². The van der Waals surface area contributed by atoms with Gasteiger partial charge in [0.05, 0.1) is 0 Å². The minimum atomic E-state index is 0.359. The summed E-state index contributed by atoms with van der Waals surface area (Å²) in [5.74, 6) is 0.359. The Bertz CT molecular complexity index is 733. The summed E-state index contributed by atoms with van der Waals surface area (Å²) in [7, 11) is 0. The van der Waals surface area contributed by atoms with Gasteiger partial charge in [-0.3, -0.25) is 0 Å². The molecule has 0 saturated heterocycles. The van der Waals surface area contributed by atoms with Crippen molar-refractivity contribution in [3.8, 4) is 5.75 Å². The van der Waals surface area contributed by atoms with Gasteiger partial charge in [0.15, 0.2) is 0 Å². The molecular weight excluding hydrogens is 266 g/mol. The standard InChI is InChI=1S/C17H17NOS/c1-12-10-20-11-14(12)8-18-9-16-15-5-3-2-4-13(15)6-7-17(16)19/h2-7,10-11,18-19H,8-9H2,1H3. The van der Waals surface area contributed by atoms with Crippen LogP contribution in [0.2, 0.25) is 0 Å². The molecule has 3 rings (SSSR count). The van der Waals surface area contributed by atoms with Crippen LogP contribution in [0.5, 0.6) is 5.75 Å². The third-order valence-corrected chi connectivity index (χ3v) is 4.50. The van der Waals surface area contributed by atoms with E-state index in [-0.39, 0.29) is 0 Å². The Balaban J connectivity index is 1.80. The fourth-order valence-corrected chi connectivity index (χ4v) is 3.26. The molecule has 1 aromatic heterocycles. The number of aromatic hydroxyl groups is 1. The maximum absolute atomic E-state index is 10.1. The zero-order valence-electron chi connectivity index (χ0n) is 11.4. The van der Waals surface area contributed by atoms with E-state index in [2.05, 4.69) is 35.1 Å². The second-order valence-corrected chi connectivity index (χ2v) is 5.71. The van der Waals surface area contributed by atoms with E-state index < -0.39 is 0 Å². The minimum Gasteiger partial charge on any atom is -0.508 e. The lowest BCUT2D eigenvalue weighted by Gasteiger charge is -2.10. The Labute approximate surface area is 122 Å². The SMILES string of the molecule is Cc1cscc1CNCc1c(O)ccc2ccccc12. The van der Waals surface area contributed by atoms with Crippen molar-refractivity contribution < 1.29 is 5.11 Å². The maximum Gasteiger partial charge on any atom is 0.120 e. The summed E-state index contributed by atoms with van der Waals surface area (Å²) >= 11 is 1.73. The minimum absolute atomic E-state index is 0.359. The number of phenolic OH excluding ortho intramolecular Hbond substituents is 1. The van der Waals surface area contributed by atoms with Crippen molar-refractivity contribution in [1.29, 1.82) is 0 Å². The molecule has 3 heteroatoms. The lowest BCUT2D eigenvalue weighted by molar-refractivity contribution is 0.466. The zero-order valence-corrected chi connectivity index (χ0v) is 12.2. The number of aryl methyl sites for hydroxylation is 1. The number of benzene rings is 2. The number of hydrogen-bond donors (Lipinski definition) is 2. The predicted molar refractivity (Wildman–Crippen MR) is 85.2 cm³/mol. The van der Waals surface area contributed by atoms with E-state index in [9.17, 15) is 5.11 Å². The molecule has 0 saturated carbocycles. The van der Waals surface area contributed by atoms with Gasteiger partial charge in [0.1, 0.15) is 5.75 Å². The lowest BCUT2D eigenvalue weighted by atomic mass is 10.0. The van der Waals surface area contributed by atoms with E-state index in [0.717, 1.165) is 22.9 Å². The lowest BCUT2D eigenvalue weighted by Crippen LogP contribution is -2.13. The summed E-state index contributed by atoms with van der Waals surface area (Å²) in [5, 5.41) is 20.1. The van der Waals surface area contributed by atoms with Crippen LogP contribution >= 0.6 is 11.3 Å². The average molecular weight is 283 g/mol. The summed E-state index contributed by atoms with van der Waals surface area (Å²) in [6.45, 7) is 3.63. The Kier molecular flexibility index (Phi) is 3.72. The normalized spacial score (nSPS) is 11.1. The second kappa shape index (κ2) is 5.65. The molecule has 0 radical (unpaired) electrons. The number of hydrogen-bond acceptors (Lipinski definition) is 3.